The molecule has 25 heavy (non-hydrogen) atoms. The van der Waals surface area contributed by atoms with Crippen LogP contribution in [0.3, 0.4) is 0 Å². The van der Waals surface area contributed by atoms with Gasteiger partial charge in [0.15, 0.2) is 0 Å². The minimum Gasteiger partial charge on any atom is -0.393 e. The van der Waals surface area contributed by atoms with Crippen molar-refractivity contribution in [1.82, 2.24) is 4.90 Å². The molecule has 1 aromatic carbocycles. The van der Waals surface area contributed by atoms with Gasteiger partial charge in [-0.05, 0) is 56.6 Å². The van der Waals surface area contributed by atoms with Crippen LogP contribution in [0.1, 0.15) is 55.8 Å². The van der Waals surface area contributed by atoms with Crippen molar-refractivity contribution in [3.05, 3.63) is 29.8 Å². The smallest absolute Gasteiger partial charge is 0.255 e. The number of hydrogen-bond donors (Lipinski definition) is 2. The number of para-hydroxylation sites is 1. The minimum absolute atomic E-state index is 0.00173. The van der Waals surface area contributed by atoms with Gasteiger partial charge in [0.2, 0.25) is 5.91 Å². The third kappa shape index (κ3) is 4.40. The summed E-state index contributed by atoms with van der Waals surface area (Å²) in [5.41, 5.74) is 1.17. The molecule has 0 unspecified atom stereocenters. The Morgan fingerprint density at radius 1 is 1.04 bits per heavy atom. The Kier molecular flexibility index (Phi) is 5.74. The van der Waals surface area contributed by atoms with E-state index < -0.39 is 0 Å². The zero-order valence-corrected chi connectivity index (χ0v) is 14.9. The maximum absolute atomic E-state index is 12.9. The second-order valence-corrected chi connectivity index (χ2v) is 7.52. The third-order valence-corrected chi connectivity index (χ3v) is 5.55. The maximum atomic E-state index is 12.9. The number of likely N-dealkylation sites (tertiary alicyclic amines) is 1. The van der Waals surface area contributed by atoms with Crippen LogP contribution in [0, 0.1) is 11.8 Å². The van der Waals surface area contributed by atoms with E-state index in [-0.39, 0.29) is 23.8 Å². The lowest BCUT2D eigenvalue weighted by Gasteiger charge is -2.31. The fraction of sp³-hybridized carbons (Fsp3) is 0.600. The SMILES string of the molecule is CC1CCN(C(=O)c2ccccc2NC(=O)C2CCC(O)CC2)CC1. The first kappa shape index (κ1) is 17.9. The van der Waals surface area contributed by atoms with Gasteiger partial charge >= 0.3 is 0 Å². The molecule has 0 bridgehead atoms. The molecule has 0 atom stereocenters. The molecule has 1 heterocycles. The third-order valence-electron chi connectivity index (χ3n) is 5.55. The summed E-state index contributed by atoms with van der Waals surface area (Å²) in [4.78, 5) is 27.3. The van der Waals surface area contributed by atoms with Gasteiger partial charge in [0.1, 0.15) is 0 Å². The highest BCUT2D eigenvalue weighted by Crippen LogP contribution is 2.27. The number of rotatable bonds is 3. The summed E-state index contributed by atoms with van der Waals surface area (Å²) in [5, 5.41) is 12.6. The number of carbonyl (C=O) groups is 2. The Balaban J connectivity index is 1.68. The summed E-state index contributed by atoms with van der Waals surface area (Å²) in [5.74, 6) is 0.546. The van der Waals surface area contributed by atoms with Crippen molar-refractivity contribution in [2.45, 2.75) is 51.6 Å². The van der Waals surface area contributed by atoms with E-state index in [1.165, 1.54) is 0 Å². The van der Waals surface area contributed by atoms with Gasteiger partial charge in [0.05, 0.1) is 17.4 Å². The van der Waals surface area contributed by atoms with E-state index in [4.69, 9.17) is 0 Å². The zero-order chi connectivity index (χ0) is 17.8. The second-order valence-electron chi connectivity index (χ2n) is 7.52. The Hall–Kier alpha value is -1.88. The topological polar surface area (TPSA) is 69.6 Å². The fourth-order valence-corrected chi connectivity index (χ4v) is 3.73. The monoisotopic (exact) mass is 344 g/mol. The minimum atomic E-state index is -0.278. The molecule has 2 aliphatic rings. The maximum Gasteiger partial charge on any atom is 0.255 e. The highest BCUT2D eigenvalue weighted by atomic mass is 16.3. The zero-order valence-electron chi connectivity index (χ0n) is 14.9. The number of nitrogens with zero attached hydrogens (tertiary/aromatic N) is 1. The molecule has 0 spiro atoms. The molecule has 5 nitrogen and oxygen atoms in total. The van der Waals surface area contributed by atoms with Gasteiger partial charge in [-0.25, -0.2) is 0 Å². The van der Waals surface area contributed by atoms with Crippen LogP contribution in [0.5, 0.6) is 0 Å². The van der Waals surface area contributed by atoms with Crippen molar-refractivity contribution in [2.75, 3.05) is 18.4 Å². The normalized spacial score (nSPS) is 24.8. The molecule has 136 valence electrons. The molecule has 1 saturated heterocycles. The van der Waals surface area contributed by atoms with Crippen molar-refractivity contribution in [3.8, 4) is 0 Å². The van der Waals surface area contributed by atoms with Crippen LogP contribution in [-0.4, -0.2) is 41.0 Å². The van der Waals surface area contributed by atoms with E-state index in [9.17, 15) is 14.7 Å². The van der Waals surface area contributed by atoms with Gasteiger partial charge in [-0.3, -0.25) is 9.59 Å². The molecular formula is C20H28N2O3. The first-order valence-electron chi connectivity index (χ1n) is 9.42. The molecule has 0 radical (unpaired) electrons. The van der Waals surface area contributed by atoms with Gasteiger partial charge in [-0.1, -0.05) is 19.1 Å². The lowest BCUT2D eigenvalue weighted by molar-refractivity contribution is -0.121. The van der Waals surface area contributed by atoms with Crippen LogP contribution in [0.4, 0.5) is 5.69 Å². The average Bonchev–Trinajstić information content (AvgIpc) is 2.63. The summed E-state index contributed by atoms with van der Waals surface area (Å²) in [7, 11) is 0. The molecule has 0 aromatic heterocycles. The van der Waals surface area contributed by atoms with Crippen molar-refractivity contribution < 1.29 is 14.7 Å². The summed E-state index contributed by atoms with van der Waals surface area (Å²) in [6, 6.07) is 7.28. The van der Waals surface area contributed by atoms with Crippen molar-refractivity contribution >= 4 is 17.5 Å². The van der Waals surface area contributed by atoms with E-state index in [1.54, 1.807) is 12.1 Å². The number of piperidine rings is 1. The molecule has 2 fully saturated rings. The number of aliphatic hydroxyl groups excluding tert-OH is 1. The molecule has 3 rings (SSSR count). The molecule has 1 aliphatic heterocycles. The fourth-order valence-electron chi connectivity index (χ4n) is 3.73. The molecule has 1 aromatic rings. The quantitative estimate of drug-likeness (QED) is 0.885. The molecule has 5 heteroatoms. The van der Waals surface area contributed by atoms with Gasteiger partial charge in [0.25, 0.3) is 5.91 Å². The number of anilines is 1. The van der Waals surface area contributed by atoms with Crippen LogP contribution < -0.4 is 5.32 Å². The van der Waals surface area contributed by atoms with E-state index in [1.807, 2.05) is 17.0 Å². The second kappa shape index (κ2) is 8.00. The van der Waals surface area contributed by atoms with E-state index >= 15 is 0 Å². The molecule has 2 amide bonds. The van der Waals surface area contributed by atoms with Crippen molar-refractivity contribution in [1.29, 1.82) is 0 Å². The highest BCUT2D eigenvalue weighted by molar-refractivity contribution is 6.04. The van der Waals surface area contributed by atoms with E-state index in [2.05, 4.69) is 12.2 Å². The number of nitrogens with one attached hydrogen (secondary N) is 1. The first-order chi connectivity index (χ1) is 12.0. The van der Waals surface area contributed by atoms with Gasteiger partial charge < -0.3 is 15.3 Å². The number of carbonyl (C=O) groups excluding carboxylic acids is 2. The van der Waals surface area contributed by atoms with Crippen LogP contribution >= 0.6 is 0 Å². The number of benzene rings is 1. The molecular weight excluding hydrogens is 316 g/mol. The number of aliphatic hydroxyl groups is 1. The number of hydrogen-bond acceptors (Lipinski definition) is 3. The average molecular weight is 344 g/mol. The highest BCUT2D eigenvalue weighted by Gasteiger charge is 2.27. The molecule has 1 aliphatic carbocycles. The summed E-state index contributed by atoms with van der Waals surface area (Å²) < 4.78 is 0. The van der Waals surface area contributed by atoms with E-state index in [0.717, 1.165) is 25.9 Å². The molecule has 1 saturated carbocycles. The summed E-state index contributed by atoms with van der Waals surface area (Å²) >= 11 is 0. The Morgan fingerprint density at radius 3 is 2.36 bits per heavy atom. The Morgan fingerprint density at radius 2 is 1.68 bits per heavy atom. The summed E-state index contributed by atoms with van der Waals surface area (Å²) in [6.45, 7) is 3.78. The standard InChI is InChI=1S/C20H28N2O3/c1-14-10-12-22(13-11-14)20(25)17-4-2-3-5-18(17)21-19(24)15-6-8-16(23)9-7-15/h2-5,14-16,23H,6-13H2,1H3,(H,21,24). The predicted molar refractivity (Wildman–Crippen MR) is 97.3 cm³/mol. The van der Waals surface area contributed by atoms with Crippen LogP contribution in [0.25, 0.3) is 0 Å². The number of amides is 2. The van der Waals surface area contributed by atoms with Gasteiger partial charge in [-0.2, -0.15) is 0 Å². The van der Waals surface area contributed by atoms with Crippen molar-refractivity contribution in [2.24, 2.45) is 11.8 Å². The lowest BCUT2D eigenvalue weighted by atomic mass is 9.87. The van der Waals surface area contributed by atoms with E-state index in [0.29, 0.717) is 42.9 Å². The Bertz CT molecular complexity index is 615. The lowest BCUT2D eigenvalue weighted by Crippen LogP contribution is -2.38. The summed E-state index contributed by atoms with van der Waals surface area (Å²) in [6.07, 6.45) is 4.53. The largest absolute Gasteiger partial charge is 0.393 e. The first-order valence-corrected chi connectivity index (χ1v) is 9.42. The predicted octanol–water partition coefficient (Wildman–Crippen LogP) is 3.05. The van der Waals surface area contributed by atoms with Crippen LogP contribution in [0.2, 0.25) is 0 Å². The van der Waals surface area contributed by atoms with Crippen LogP contribution in [0.15, 0.2) is 24.3 Å². The Labute approximate surface area is 149 Å². The van der Waals surface area contributed by atoms with Gasteiger partial charge in [0, 0.05) is 19.0 Å². The van der Waals surface area contributed by atoms with Crippen LogP contribution in [-0.2, 0) is 4.79 Å². The van der Waals surface area contributed by atoms with Gasteiger partial charge in [-0.15, -0.1) is 0 Å². The van der Waals surface area contributed by atoms with Crippen molar-refractivity contribution in [3.63, 3.8) is 0 Å². The molecule has 2 N–H and O–H groups in total.